The second-order valence-corrected chi connectivity index (χ2v) is 8.74. The largest absolute Gasteiger partial charge is 0.490 e. The van der Waals surface area contributed by atoms with Crippen molar-refractivity contribution < 1.29 is 31.5 Å². The van der Waals surface area contributed by atoms with Gasteiger partial charge in [-0.25, -0.2) is 23.2 Å². The minimum absolute atomic E-state index is 0.212. The molecular weight excluding hydrogens is 439 g/mol. The van der Waals surface area contributed by atoms with E-state index in [9.17, 15) is 21.6 Å². The first-order chi connectivity index (χ1) is 14.5. The highest BCUT2D eigenvalue weighted by molar-refractivity contribution is 7.89. The number of alkyl halides is 3. The van der Waals surface area contributed by atoms with Crippen molar-refractivity contribution in [3.63, 3.8) is 0 Å². The summed E-state index contributed by atoms with van der Waals surface area (Å²) < 4.78 is 60.0. The lowest BCUT2D eigenvalue weighted by Gasteiger charge is -2.19. The molecule has 2 N–H and O–H groups in total. The van der Waals surface area contributed by atoms with Gasteiger partial charge in [0.05, 0.1) is 24.2 Å². The number of carbonyl (C=O) groups is 1. The molecule has 0 spiro atoms. The molecule has 0 saturated carbocycles. The number of carboxylic acids is 1. The molecule has 2 aromatic heterocycles. The third-order valence-electron chi connectivity index (χ3n) is 4.39. The first-order valence-electron chi connectivity index (χ1n) is 9.50. The molecule has 13 heteroatoms. The molecule has 0 amide bonds. The summed E-state index contributed by atoms with van der Waals surface area (Å²) in [7, 11) is -3.15. The smallest absolute Gasteiger partial charge is 0.475 e. The minimum atomic E-state index is -5.08. The Balaban J connectivity index is 0.000000423. The van der Waals surface area contributed by atoms with Gasteiger partial charge in [0.2, 0.25) is 10.0 Å². The zero-order valence-corrected chi connectivity index (χ0v) is 17.7. The number of carboxylic acid groups (broad SMARTS) is 1. The third kappa shape index (κ3) is 7.21. The van der Waals surface area contributed by atoms with Crippen LogP contribution in [0.3, 0.4) is 0 Å². The summed E-state index contributed by atoms with van der Waals surface area (Å²) in [5.74, 6) is -0.785. The van der Waals surface area contributed by atoms with Gasteiger partial charge in [-0.15, -0.1) is 0 Å². The zero-order valence-electron chi connectivity index (χ0n) is 16.8. The van der Waals surface area contributed by atoms with Crippen LogP contribution in [0.15, 0.2) is 30.6 Å². The maximum atomic E-state index is 12.3. The molecule has 2 aromatic rings. The predicted molar refractivity (Wildman–Crippen MR) is 107 cm³/mol. The van der Waals surface area contributed by atoms with Crippen LogP contribution in [0.1, 0.15) is 24.9 Å². The molecule has 0 fully saturated rings. The van der Waals surface area contributed by atoms with E-state index in [1.165, 1.54) is 0 Å². The van der Waals surface area contributed by atoms with Crippen LogP contribution < -0.4 is 5.32 Å². The van der Waals surface area contributed by atoms with E-state index < -0.39 is 22.2 Å². The summed E-state index contributed by atoms with van der Waals surface area (Å²) in [4.78, 5) is 17.6. The fourth-order valence-electron chi connectivity index (χ4n) is 2.93. The highest BCUT2D eigenvalue weighted by Crippen LogP contribution is 2.16. The highest BCUT2D eigenvalue weighted by Gasteiger charge is 2.38. The number of halogens is 3. The number of aliphatic carboxylic acids is 1. The van der Waals surface area contributed by atoms with Crippen molar-refractivity contribution in [1.82, 2.24) is 18.8 Å². The van der Waals surface area contributed by atoms with Gasteiger partial charge in [0.15, 0.2) is 0 Å². The van der Waals surface area contributed by atoms with E-state index in [1.807, 2.05) is 31.3 Å². The molecule has 3 rings (SSSR count). The predicted octanol–water partition coefficient (Wildman–Crippen LogP) is 2.12. The molecule has 9 nitrogen and oxygen atoms in total. The highest BCUT2D eigenvalue weighted by atomic mass is 32.2. The van der Waals surface area contributed by atoms with Crippen molar-refractivity contribution in [2.24, 2.45) is 0 Å². The van der Waals surface area contributed by atoms with Gasteiger partial charge in [0.25, 0.3) is 0 Å². The number of pyridine rings is 1. The molecule has 1 aliphatic rings. The van der Waals surface area contributed by atoms with E-state index in [-0.39, 0.29) is 5.75 Å². The number of nitrogens with one attached hydrogen (secondary N) is 1. The zero-order chi connectivity index (χ0) is 23.1. The van der Waals surface area contributed by atoms with Gasteiger partial charge < -0.3 is 15.0 Å². The van der Waals surface area contributed by atoms with Crippen LogP contribution in [0.5, 0.6) is 0 Å². The number of fused-ring (bicyclic) bond motifs is 1. The van der Waals surface area contributed by atoms with Crippen LogP contribution in [-0.4, -0.2) is 63.4 Å². The number of rotatable bonds is 6. The van der Waals surface area contributed by atoms with E-state index in [0.717, 1.165) is 17.3 Å². The van der Waals surface area contributed by atoms with Crippen molar-refractivity contribution >= 4 is 21.8 Å². The van der Waals surface area contributed by atoms with Gasteiger partial charge in [-0.1, -0.05) is 13.0 Å². The molecule has 31 heavy (non-hydrogen) atoms. The average Bonchev–Trinajstić information content (AvgIpc) is 2.95. The van der Waals surface area contributed by atoms with Crippen LogP contribution in [0.4, 0.5) is 19.0 Å². The number of hydrogen-bond donors (Lipinski definition) is 2. The molecule has 0 aromatic carbocycles. The fourth-order valence-corrected chi connectivity index (χ4v) is 4.43. The first-order valence-corrected chi connectivity index (χ1v) is 11.1. The lowest BCUT2D eigenvalue weighted by Crippen LogP contribution is -2.35. The van der Waals surface area contributed by atoms with Crippen LogP contribution in [-0.2, 0) is 34.3 Å². The Hall–Kier alpha value is -2.67. The lowest BCUT2D eigenvalue weighted by atomic mass is 10.4. The van der Waals surface area contributed by atoms with E-state index in [1.54, 1.807) is 10.5 Å². The number of hydrogen-bond acceptors (Lipinski definition) is 6. The Bertz CT molecular complexity index is 964. The van der Waals surface area contributed by atoms with Gasteiger partial charge in [-0.05, 0) is 18.6 Å². The molecule has 1 aliphatic heterocycles. The van der Waals surface area contributed by atoms with E-state index in [4.69, 9.17) is 9.90 Å². The Morgan fingerprint density at radius 1 is 1.23 bits per heavy atom. The maximum Gasteiger partial charge on any atom is 0.490 e. The molecule has 3 heterocycles. The van der Waals surface area contributed by atoms with Gasteiger partial charge in [0, 0.05) is 32.3 Å². The summed E-state index contributed by atoms with van der Waals surface area (Å²) in [5.41, 5.74) is 1.05. The molecule has 0 aliphatic carbocycles. The molecule has 0 unspecified atom stereocenters. The third-order valence-corrected chi connectivity index (χ3v) is 6.47. The van der Waals surface area contributed by atoms with Gasteiger partial charge in [-0.3, -0.25) is 0 Å². The molecule has 0 radical (unpaired) electrons. The monoisotopic (exact) mass is 463 g/mol. The fraction of sp³-hybridized carbons (Fsp3) is 0.500. The lowest BCUT2D eigenvalue weighted by molar-refractivity contribution is -0.192. The summed E-state index contributed by atoms with van der Waals surface area (Å²) in [6.07, 6.45) is -0.188. The molecule has 0 saturated heterocycles. The summed E-state index contributed by atoms with van der Waals surface area (Å²) in [6, 6.07) is 5.73. The van der Waals surface area contributed by atoms with Crippen molar-refractivity contribution in [2.45, 2.75) is 39.0 Å². The van der Waals surface area contributed by atoms with E-state index in [2.05, 4.69) is 19.9 Å². The van der Waals surface area contributed by atoms with E-state index in [0.29, 0.717) is 39.0 Å². The number of sulfonamides is 1. The topological polar surface area (TPSA) is 117 Å². The Kier molecular flexibility index (Phi) is 8.39. The van der Waals surface area contributed by atoms with Gasteiger partial charge >= 0.3 is 12.1 Å². The first kappa shape index (κ1) is 24.6. The molecule has 0 bridgehead atoms. The SMILES string of the molecule is CCCS(=O)(=O)N1CCc2ncc(CNc3ccccn3)n2CC1.O=C(O)C(F)(F)F. The van der Waals surface area contributed by atoms with Gasteiger partial charge in [0.1, 0.15) is 11.6 Å². The number of aromatic nitrogens is 3. The maximum absolute atomic E-state index is 12.3. The van der Waals surface area contributed by atoms with Crippen molar-refractivity contribution in [3.8, 4) is 0 Å². The Labute approximate surface area is 178 Å². The van der Waals surface area contributed by atoms with Crippen LogP contribution in [0.25, 0.3) is 0 Å². The van der Waals surface area contributed by atoms with Gasteiger partial charge in [-0.2, -0.15) is 17.5 Å². The molecular formula is C18H24F3N5O4S. The van der Waals surface area contributed by atoms with Crippen LogP contribution in [0.2, 0.25) is 0 Å². The second-order valence-electron chi connectivity index (χ2n) is 6.65. The van der Waals surface area contributed by atoms with Crippen molar-refractivity contribution in [2.75, 3.05) is 24.2 Å². The summed E-state index contributed by atoms with van der Waals surface area (Å²) in [6.45, 7) is 4.15. The Morgan fingerprint density at radius 2 is 1.94 bits per heavy atom. The van der Waals surface area contributed by atoms with Crippen LogP contribution in [0, 0.1) is 0 Å². The standard InChI is InChI=1S/C16H23N5O2S.C2HF3O2/c1-2-11-24(22,23)20-8-6-16-19-13-14(21(16)10-9-20)12-18-15-5-3-4-7-17-15;3-2(4,5)1(6)7/h3-5,7,13H,2,6,8-12H2,1H3,(H,17,18);(H,6,7). The number of imidazole rings is 1. The molecule has 172 valence electrons. The second kappa shape index (κ2) is 10.6. The quantitative estimate of drug-likeness (QED) is 0.674. The Morgan fingerprint density at radius 3 is 2.52 bits per heavy atom. The van der Waals surface area contributed by atoms with Crippen molar-refractivity contribution in [1.29, 1.82) is 0 Å². The van der Waals surface area contributed by atoms with E-state index >= 15 is 0 Å². The summed E-state index contributed by atoms with van der Waals surface area (Å²) in [5, 5.41) is 10.4. The minimum Gasteiger partial charge on any atom is -0.475 e. The average molecular weight is 463 g/mol. The van der Waals surface area contributed by atoms with Crippen molar-refractivity contribution in [3.05, 3.63) is 42.1 Å². The summed E-state index contributed by atoms with van der Waals surface area (Å²) >= 11 is 0. The van der Waals surface area contributed by atoms with Crippen LogP contribution >= 0.6 is 0 Å². The molecule has 0 atom stereocenters. The number of anilines is 1. The number of nitrogens with zero attached hydrogens (tertiary/aromatic N) is 4. The normalized spacial score (nSPS) is 14.7.